The number of amides is 1. The van der Waals surface area contributed by atoms with Gasteiger partial charge in [-0.3, -0.25) is 4.79 Å². The summed E-state index contributed by atoms with van der Waals surface area (Å²) in [4.78, 5) is 16.3. The molecule has 4 nitrogen and oxygen atoms in total. The second-order valence-electron chi connectivity index (χ2n) is 3.33. The van der Waals surface area contributed by atoms with Crippen LogP contribution in [0.3, 0.4) is 0 Å². The maximum Gasteiger partial charge on any atom is 0.267 e. The highest BCUT2D eigenvalue weighted by molar-refractivity contribution is 7.09. The third-order valence-corrected chi connectivity index (χ3v) is 3.01. The number of nitrogens with zero attached hydrogens (tertiary/aromatic N) is 2. The summed E-state index contributed by atoms with van der Waals surface area (Å²) in [7, 11) is 0. The van der Waals surface area contributed by atoms with Gasteiger partial charge in [0.05, 0.1) is 4.88 Å². The number of hydrogen-bond donors (Lipinski definition) is 1. The summed E-state index contributed by atoms with van der Waals surface area (Å²) in [6.45, 7) is 5.99. The van der Waals surface area contributed by atoms with E-state index in [0.717, 1.165) is 22.6 Å². The van der Waals surface area contributed by atoms with Gasteiger partial charge in [0.25, 0.3) is 5.91 Å². The lowest BCUT2D eigenvalue weighted by Crippen LogP contribution is -2.14. The van der Waals surface area contributed by atoms with Gasteiger partial charge in [-0.15, -0.1) is 0 Å². The number of pyridine rings is 1. The van der Waals surface area contributed by atoms with Crippen LogP contribution in [0.4, 0.5) is 0 Å². The molecule has 0 saturated carbocycles. The van der Waals surface area contributed by atoms with Crippen molar-refractivity contribution >= 4 is 17.4 Å². The van der Waals surface area contributed by atoms with Crippen molar-refractivity contribution in [1.29, 1.82) is 0 Å². The third-order valence-electron chi connectivity index (χ3n) is 2.22. The zero-order valence-electron chi connectivity index (χ0n) is 10.8. The molecule has 0 aliphatic heterocycles. The molecular weight excluding hydrogens is 246 g/mol. The van der Waals surface area contributed by atoms with E-state index >= 15 is 0 Å². The quantitative estimate of drug-likeness (QED) is 0.925. The summed E-state index contributed by atoms with van der Waals surface area (Å²) in [6.07, 6.45) is 2.50. The molecule has 0 bridgehead atoms. The molecule has 0 radical (unpaired) electrons. The molecule has 0 unspecified atom stereocenters. The average Bonchev–Trinajstić information content (AvgIpc) is 2.94. The number of nitrogens with two attached hydrogens (primary N) is 1. The van der Waals surface area contributed by atoms with Crippen LogP contribution >= 0.6 is 11.5 Å². The van der Waals surface area contributed by atoms with Gasteiger partial charge in [-0.2, -0.15) is 0 Å². The van der Waals surface area contributed by atoms with E-state index in [1.165, 1.54) is 11.5 Å². The van der Waals surface area contributed by atoms with E-state index in [0.29, 0.717) is 5.69 Å². The minimum absolute atomic E-state index is 0.308. The lowest BCUT2D eigenvalue weighted by Gasteiger charge is -2.03. The molecule has 5 heteroatoms. The second-order valence-corrected chi connectivity index (χ2v) is 4.16. The smallest absolute Gasteiger partial charge is 0.267 e. The molecule has 1 amide bonds. The molecule has 96 valence electrons. The van der Waals surface area contributed by atoms with E-state index in [-0.39, 0.29) is 0 Å². The zero-order chi connectivity index (χ0) is 13.5. The maximum atomic E-state index is 11.1. The fourth-order valence-electron chi connectivity index (χ4n) is 1.40. The third kappa shape index (κ3) is 3.37. The van der Waals surface area contributed by atoms with Gasteiger partial charge in [0.15, 0.2) is 0 Å². The molecule has 0 aromatic carbocycles. The van der Waals surface area contributed by atoms with E-state index < -0.39 is 5.91 Å². The molecule has 0 spiro atoms. The van der Waals surface area contributed by atoms with Crippen molar-refractivity contribution in [3.8, 4) is 10.4 Å². The molecule has 2 rings (SSSR count). The van der Waals surface area contributed by atoms with Crippen LogP contribution in [0.1, 0.15) is 37.0 Å². The van der Waals surface area contributed by atoms with Gasteiger partial charge in [-0.1, -0.05) is 20.8 Å². The number of carbonyl (C=O) groups excluding carboxylic acids is 1. The lowest BCUT2D eigenvalue weighted by molar-refractivity contribution is 0.0995. The topological polar surface area (TPSA) is 68.9 Å². The SMILES string of the molecule is CC.CCc1cc(-c2ccns2)cc(C(N)=O)n1. The average molecular weight is 263 g/mol. The highest BCUT2D eigenvalue weighted by Crippen LogP contribution is 2.24. The second kappa shape index (κ2) is 6.86. The van der Waals surface area contributed by atoms with E-state index in [4.69, 9.17) is 5.73 Å². The standard InChI is InChI=1S/C11H11N3OS.C2H6/c1-2-8-5-7(10-3-4-13-16-10)6-9(14-8)11(12)15;1-2/h3-6H,2H2,1H3,(H2,12,15);1-2H3. The van der Waals surface area contributed by atoms with E-state index in [1.54, 1.807) is 12.3 Å². The number of aryl methyl sites for hydroxylation is 1. The maximum absolute atomic E-state index is 11.1. The molecule has 2 heterocycles. The van der Waals surface area contributed by atoms with E-state index in [2.05, 4.69) is 9.36 Å². The number of hydrogen-bond acceptors (Lipinski definition) is 4. The van der Waals surface area contributed by atoms with Crippen LogP contribution in [-0.4, -0.2) is 15.3 Å². The Kier molecular flexibility index (Phi) is 5.45. The first-order valence-corrected chi connectivity index (χ1v) is 6.70. The zero-order valence-corrected chi connectivity index (χ0v) is 11.6. The van der Waals surface area contributed by atoms with Crippen LogP contribution in [0.25, 0.3) is 10.4 Å². The summed E-state index contributed by atoms with van der Waals surface area (Å²) in [6, 6.07) is 5.57. The summed E-state index contributed by atoms with van der Waals surface area (Å²) in [5, 5.41) is 0. The number of primary amides is 1. The summed E-state index contributed by atoms with van der Waals surface area (Å²) in [5.41, 5.74) is 7.36. The Morgan fingerprint density at radius 2 is 2.11 bits per heavy atom. The molecule has 18 heavy (non-hydrogen) atoms. The first kappa shape index (κ1) is 14.3. The van der Waals surface area contributed by atoms with Crippen LogP contribution in [0.5, 0.6) is 0 Å². The highest BCUT2D eigenvalue weighted by Gasteiger charge is 2.08. The number of rotatable bonds is 3. The van der Waals surface area contributed by atoms with Crippen LogP contribution in [0.2, 0.25) is 0 Å². The van der Waals surface area contributed by atoms with Crippen molar-refractivity contribution in [3.05, 3.63) is 35.8 Å². The van der Waals surface area contributed by atoms with Crippen LogP contribution in [-0.2, 0) is 6.42 Å². The van der Waals surface area contributed by atoms with Crippen molar-refractivity contribution in [3.63, 3.8) is 0 Å². The van der Waals surface area contributed by atoms with E-state index in [9.17, 15) is 4.79 Å². The normalized spacial score (nSPS) is 9.50. The van der Waals surface area contributed by atoms with Gasteiger partial charge in [0.2, 0.25) is 0 Å². The predicted octanol–water partition coefficient (Wildman–Crippen LogP) is 2.89. The predicted molar refractivity (Wildman–Crippen MR) is 74.6 cm³/mol. The fourth-order valence-corrected chi connectivity index (χ4v) is 1.98. The highest BCUT2D eigenvalue weighted by atomic mass is 32.1. The van der Waals surface area contributed by atoms with Crippen molar-refractivity contribution in [1.82, 2.24) is 9.36 Å². The Morgan fingerprint density at radius 1 is 1.39 bits per heavy atom. The van der Waals surface area contributed by atoms with Gasteiger partial charge in [-0.25, -0.2) is 9.36 Å². The van der Waals surface area contributed by atoms with Gasteiger partial charge in [0, 0.05) is 11.9 Å². The minimum atomic E-state index is -0.499. The molecular formula is C13H17N3OS. The van der Waals surface area contributed by atoms with Gasteiger partial charge >= 0.3 is 0 Å². The largest absolute Gasteiger partial charge is 0.364 e. The summed E-state index contributed by atoms with van der Waals surface area (Å²) < 4.78 is 4.03. The lowest BCUT2D eigenvalue weighted by atomic mass is 10.1. The van der Waals surface area contributed by atoms with Gasteiger partial charge in [0.1, 0.15) is 5.69 Å². The molecule has 2 aromatic rings. The first-order chi connectivity index (χ1) is 8.70. The molecule has 0 fully saturated rings. The van der Waals surface area contributed by atoms with Crippen LogP contribution < -0.4 is 5.73 Å². The van der Waals surface area contributed by atoms with Crippen LogP contribution in [0, 0.1) is 0 Å². The minimum Gasteiger partial charge on any atom is -0.364 e. The number of aromatic nitrogens is 2. The number of carbonyl (C=O) groups is 1. The molecule has 2 N–H and O–H groups in total. The van der Waals surface area contributed by atoms with E-state index in [1.807, 2.05) is 32.9 Å². The summed E-state index contributed by atoms with van der Waals surface area (Å²) >= 11 is 1.39. The Labute approximate surface area is 111 Å². The molecule has 0 saturated heterocycles. The molecule has 0 aliphatic carbocycles. The van der Waals surface area contributed by atoms with Crippen molar-refractivity contribution in [2.45, 2.75) is 27.2 Å². The Balaban J connectivity index is 0.000000771. The van der Waals surface area contributed by atoms with Crippen molar-refractivity contribution < 1.29 is 4.79 Å². The summed E-state index contributed by atoms with van der Waals surface area (Å²) in [5.74, 6) is -0.499. The Hall–Kier alpha value is -1.75. The molecule has 0 aliphatic rings. The fraction of sp³-hybridized carbons (Fsp3) is 0.308. The molecule has 2 aromatic heterocycles. The molecule has 0 atom stereocenters. The Bertz CT molecular complexity index is 509. The first-order valence-electron chi connectivity index (χ1n) is 5.92. The van der Waals surface area contributed by atoms with Crippen molar-refractivity contribution in [2.75, 3.05) is 0 Å². The monoisotopic (exact) mass is 263 g/mol. The van der Waals surface area contributed by atoms with Gasteiger partial charge < -0.3 is 5.73 Å². The van der Waals surface area contributed by atoms with Crippen molar-refractivity contribution in [2.24, 2.45) is 5.73 Å². The Morgan fingerprint density at radius 3 is 2.61 bits per heavy atom. The van der Waals surface area contributed by atoms with Crippen LogP contribution in [0.15, 0.2) is 24.4 Å². The van der Waals surface area contributed by atoms with Gasteiger partial charge in [-0.05, 0) is 41.7 Å².